The third-order valence-corrected chi connectivity index (χ3v) is 5.25. The van der Waals surface area contributed by atoms with E-state index in [0.717, 1.165) is 10.2 Å². The van der Waals surface area contributed by atoms with Crippen LogP contribution in [0.1, 0.15) is 6.92 Å². The molecule has 2 heterocycles. The Bertz CT molecular complexity index is 1140. The van der Waals surface area contributed by atoms with Gasteiger partial charge in [-0.3, -0.25) is 4.79 Å². The first kappa shape index (κ1) is 18.1. The molecule has 1 amide bonds. The number of carbonyl (C=O) groups excluding carboxylic acids is 1. The van der Waals surface area contributed by atoms with E-state index in [2.05, 4.69) is 10.9 Å². The van der Waals surface area contributed by atoms with Crippen LogP contribution in [0, 0.1) is 12.3 Å². The molecule has 0 N–H and O–H groups in total. The van der Waals surface area contributed by atoms with E-state index in [1.165, 1.54) is 11.3 Å². The molecule has 1 aromatic heterocycles. The molecule has 1 aliphatic heterocycles. The quantitative estimate of drug-likeness (QED) is 0.639. The summed E-state index contributed by atoms with van der Waals surface area (Å²) < 4.78 is 19.9. The normalized spacial score (nSPS) is 16.0. The first-order chi connectivity index (χ1) is 13.7. The summed E-state index contributed by atoms with van der Waals surface area (Å²) in [5.41, 5.74) is 0.838. The molecule has 7 heteroatoms. The van der Waals surface area contributed by atoms with Crippen molar-refractivity contribution in [3.05, 3.63) is 47.3 Å². The molecule has 4 rings (SSSR count). The molecule has 142 valence electrons. The van der Waals surface area contributed by atoms with Crippen LogP contribution in [0.15, 0.2) is 47.5 Å². The number of aromatic nitrogens is 1. The van der Waals surface area contributed by atoms with E-state index in [9.17, 15) is 4.79 Å². The molecular formula is C21H18N2O4S. The van der Waals surface area contributed by atoms with Crippen LogP contribution in [0.2, 0.25) is 0 Å². The highest BCUT2D eigenvalue weighted by atomic mass is 32.1. The van der Waals surface area contributed by atoms with E-state index in [1.54, 1.807) is 12.1 Å². The van der Waals surface area contributed by atoms with Crippen LogP contribution < -0.4 is 19.0 Å². The minimum absolute atomic E-state index is 0.115. The first-order valence-electron chi connectivity index (χ1n) is 8.87. The summed E-state index contributed by atoms with van der Waals surface area (Å²) in [5.74, 6) is 4.09. The Balaban J connectivity index is 1.73. The number of fused-ring (bicyclic) bond motifs is 2. The lowest BCUT2D eigenvalue weighted by Crippen LogP contribution is -2.36. The number of para-hydroxylation sites is 3. The highest BCUT2D eigenvalue weighted by Gasteiger charge is 2.27. The lowest BCUT2D eigenvalue weighted by atomic mass is 10.2. The number of hydrogen-bond donors (Lipinski definition) is 0. The van der Waals surface area contributed by atoms with Gasteiger partial charge in [0.15, 0.2) is 16.3 Å². The van der Waals surface area contributed by atoms with Crippen LogP contribution in [0.4, 0.5) is 0 Å². The molecule has 0 spiro atoms. The molecule has 0 saturated heterocycles. The Labute approximate surface area is 166 Å². The number of rotatable bonds is 4. The molecule has 28 heavy (non-hydrogen) atoms. The molecule has 0 unspecified atom stereocenters. The lowest BCUT2D eigenvalue weighted by Gasteiger charge is -2.23. The van der Waals surface area contributed by atoms with Crippen LogP contribution >= 0.6 is 11.3 Å². The van der Waals surface area contributed by atoms with E-state index in [4.69, 9.17) is 20.6 Å². The van der Waals surface area contributed by atoms with Gasteiger partial charge in [-0.05, 0) is 31.2 Å². The zero-order valence-electron chi connectivity index (χ0n) is 15.3. The average molecular weight is 394 g/mol. The molecule has 2 aromatic carbocycles. The molecule has 6 nitrogen and oxygen atoms in total. The van der Waals surface area contributed by atoms with Gasteiger partial charge in [-0.15, -0.1) is 6.42 Å². The van der Waals surface area contributed by atoms with Gasteiger partial charge < -0.3 is 18.8 Å². The minimum Gasteiger partial charge on any atom is -0.492 e. The number of carbonyl (C=O) groups is 1. The first-order valence-corrected chi connectivity index (χ1v) is 9.68. The highest BCUT2D eigenvalue weighted by molar-refractivity contribution is 7.16. The van der Waals surface area contributed by atoms with Gasteiger partial charge >= 0.3 is 0 Å². The third-order valence-electron chi connectivity index (χ3n) is 4.20. The second-order valence-corrected chi connectivity index (χ2v) is 7.03. The molecule has 0 bridgehead atoms. The van der Waals surface area contributed by atoms with E-state index in [0.29, 0.717) is 28.7 Å². The number of hydrogen-bond acceptors (Lipinski definition) is 5. The van der Waals surface area contributed by atoms with Crippen molar-refractivity contribution in [2.75, 3.05) is 13.2 Å². The fourth-order valence-corrected chi connectivity index (χ4v) is 4.05. The van der Waals surface area contributed by atoms with Gasteiger partial charge in [-0.25, -0.2) is 0 Å². The third kappa shape index (κ3) is 3.35. The van der Waals surface area contributed by atoms with Crippen molar-refractivity contribution in [2.24, 2.45) is 4.99 Å². The largest absolute Gasteiger partial charge is 0.492 e. The number of thiazole rings is 1. The Hall–Kier alpha value is -3.24. The van der Waals surface area contributed by atoms with Crippen LogP contribution in [-0.2, 0) is 11.3 Å². The van der Waals surface area contributed by atoms with Gasteiger partial charge in [-0.2, -0.15) is 4.99 Å². The smallest absolute Gasteiger partial charge is 0.292 e. The van der Waals surface area contributed by atoms with E-state index in [-0.39, 0.29) is 13.2 Å². The summed E-state index contributed by atoms with van der Waals surface area (Å²) in [4.78, 5) is 17.6. The van der Waals surface area contributed by atoms with Crippen molar-refractivity contribution in [2.45, 2.75) is 19.6 Å². The molecule has 0 aliphatic carbocycles. The second-order valence-electron chi connectivity index (χ2n) is 6.03. The van der Waals surface area contributed by atoms with Crippen molar-refractivity contribution in [3.8, 4) is 29.6 Å². The number of benzene rings is 2. The number of terminal acetylenes is 1. The Kier molecular flexibility index (Phi) is 5.04. The zero-order chi connectivity index (χ0) is 19.5. The molecule has 1 aliphatic rings. The fourth-order valence-electron chi connectivity index (χ4n) is 3.00. The number of ether oxygens (including phenoxy) is 3. The predicted molar refractivity (Wildman–Crippen MR) is 107 cm³/mol. The molecule has 1 atom stereocenters. The van der Waals surface area contributed by atoms with Gasteiger partial charge in [0, 0.05) is 0 Å². The SMILES string of the molecule is C#CCn1c(=NC(=O)[C@H]2COc3ccccc3O2)sc2cccc(OCC)c21. The minimum atomic E-state index is -0.800. The van der Waals surface area contributed by atoms with Crippen LogP contribution in [0.3, 0.4) is 0 Å². The number of nitrogens with zero attached hydrogens (tertiary/aromatic N) is 2. The predicted octanol–water partition coefficient (Wildman–Crippen LogP) is 3.00. The van der Waals surface area contributed by atoms with Gasteiger partial charge in [0.25, 0.3) is 5.91 Å². The second kappa shape index (κ2) is 7.79. The van der Waals surface area contributed by atoms with E-state index >= 15 is 0 Å². The monoisotopic (exact) mass is 394 g/mol. The maximum atomic E-state index is 12.8. The maximum absolute atomic E-state index is 12.8. The van der Waals surface area contributed by atoms with Gasteiger partial charge in [0.1, 0.15) is 17.9 Å². The summed E-state index contributed by atoms with van der Waals surface area (Å²) in [7, 11) is 0. The molecule has 0 radical (unpaired) electrons. The topological polar surface area (TPSA) is 62.1 Å². The lowest BCUT2D eigenvalue weighted by molar-refractivity contribution is -0.127. The molecule has 0 saturated carbocycles. The highest BCUT2D eigenvalue weighted by Crippen LogP contribution is 2.31. The molecule has 0 fully saturated rings. The van der Waals surface area contributed by atoms with Crippen molar-refractivity contribution < 1.29 is 19.0 Å². The van der Waals surface area contributed by atoms with Gasteiger partial charge in [0.2, 0.25) is 6.10 Å². The summed E-state index contributed by atoms with van der Waals surface area (Å²) in [6.07, 6.45) is 4.75. The number of amides is 1. The average Bonchev–Trinajstić information content (AvgIpc) is 3.06. The Morgan fingerprint density at radius 3 is 2.93 bits per heavy atom. The fraction of sp³-hybridized carbons (Fsp3) is 0.238. The van der Waals surface area contributed by atoms with Crippen LogP contribution in [-0.4, -0.2) is 29.8 Å². The van der Waals surface area contributed by atoms with E-state index < -0.39 is 12.0 Å². The van der Waals surface area contributed by atoms with E-state index in [1.807, 2.05) is 41.8 Å². The summed E-state index contributed by atoms with van der Waals surface area (Å²) >= 11 is 1.39. The van der Waals surface area contributed by atoms with Crippen LogP contribution in [0.5, 0.6) is 17.2 Å². The van der Waals surface area contributed by atoms with Gasteiger partial charge in [0.05, 0.1) is 17.9 Å². The summed E-state index contributed by atoms with van der Waals surface area (Å²) in [6, 6.07) is 13.0. The molecule has 3 aromatic rings. The van der Waals surface area contributed by atoms with Crippen molar-refractivity contribution in [3.63, 3.8) is 0 Å². The Morgan fingerprint density at radius 1 is 1.32 bits per heavy atom. The molecular weight excluding hydrogens is 376 g/mol. The van der Waals surface area contributed by atoms with Crippen LogP contribution in [0.25, 0.3) is 10.2 Å². The zero-order valence-corrected chi connectivity index (χ0v) is 16.1. The standard InChI is InChI=1S/C21H18N2O4S/c1-3-12-23-19-16(25-4-2)10-7-11-18(19)28-21(23)22-20(24)17-13-26-14-8-5-6-9-15(14)27-17/h1,5-11,17H,4,12-13H2,2H3/t17-/m1/s1. The summed E-state index contributed by atoms with van der Waals surface area (Å²) in [6.45, 7) is 2.84. The van der Waals surface area contributed by atoms with Gasteiger partial charge in [-0.1, -0.05) is 35.5 Å². The van der Waals surface area contributed by atoms with Crippen molar-refractivity contribution in [1.29, 1.82) is 0 Å². The maximum Gasteiger partial charge on any atom is 0.292 e. The Morgan fingerprint density at radius 2 is 2.14 bits per heavy atom. The summed E-state index contributed by atoms with van der Waals surface area (Å²) in [5, 5.41) is 0. The van der Waals surface area contributed by atoms with Crippen molar-refractivity contribution >= 4 is 27.5 Å². The van der Waals surface area contributed by atoms with Crippen molar-refractivity contribution in [1.82, 2.24) is 4.57 Å².